The van der Waals surface area contributed by atoms with Gasteiger partial charge in [-0.05, 0) is 85.0 Å². The first-order valence-corrected chi connectivity index (χ1v) is 12.3. The van der Waals surface area contributed by atoms with Crippen molar-refractivity contribution in [3.05, 3.63) is 103 Å². The van der Waals surface area contributed by atoms with E-state index >= 15 is 0 Å². The molecular formula is C26H22S3. The molecule has 0 N–H and O–H groups in total. The second-order valence-corrected chi connectivity index (χ2v) is 9.91. The minimum absolute atomic E-state index is 1.26. The minimum Gasteiger partial charge on any atom is -0.130 e. The van der Waals surface area contributed by atoms with E-state index in [4.69, 9.17) is 0 Å². The molecule has 0 unspecified atom stereocenters. The molecule has 0 heterocycles. The van der Waals surface area contributed by atoms with Crippen molar-refractivity contribution in [2.45, 2.75) is 31.4 Å². The van der Waals surface area contributed by atoms with Crippen molar-refractivity contribution in [1.82, 2.24) is 0 Å². The molecule has 0 radical (unpaired) electrons. The highest BCUT2D eigenvalue weighted by molar-refractivity contribution is 7.99. The predicted molar refractivity (Wildman–Crippen MR) is 130 cm³/mol. The molecule has 4 aromatic rings. The molecule has 0 aliphatic carbocycles. The van der Waals surface area contributed by atoms with Crippen molar-refractivity contribution in [2.24, 2.45) is 0 Å². The van der Waals surface area contributed by atoms with Crippen molar-refractivity contribution in [1.29, 1.82) is 0 Å². The van der Waals surface area contributed by atoms with Gasteiger partial charge in [-0.3, -0.25) is 0 Å². The topological polar surface area (TPSA) is 0 Å². The van der Waals surface area contributed by atoms with Gasteiger partial charge in [-0.2, -0.15) is 0 Å². The summed E-state index contributed by atoms with van der Waals surface area (Å²) in [6.07, 6.45) is 2.11. The third-order valence-electron chi connectivity index (χ3n) is 4.59. The number of aryl methyl sites for hydroxylation is 1. The van der Waals surface area contributed by atoms with E-state index < -0.39 is 0 Å². The molecule has 0 nitrogen and oxygen atoms in total. The van der Waals surface area contributed by atoms with Crippen LogP contribution in [-0.2, 0) is 0 Å². The molecule has 0 aliphatic rings. The lowest BCUT2D eigenvalue weighted by Gasteiger charge is -2.07. The molecule has 0 aliphatic heterocycles. The molecule has 0 spiro atoms. The average molecular weight is 431 g/mol. The molecule has 0 bridgehead atoms. The van der Waals surface area contributed by atoms with E-state index in [1.807, 2.05) is 0 Å². The summed E-state index contributed by atoms with van der Waals surface area (Å²) < 4.78 is 0. The first-order chi connectivity index (χ1) is 14.2. The quantitative estimate of drug-likeness (QED) is 0.281. The summed E-state index contributed by atoms with van der Waals surface area (Å²) in [6, 6.07) is 35.1. The summed E-state index contributed by atoms with van der Waals surface area (Å²) >= 11 is 5.38. The van der Waals surface area contributed by atoms with E-state index in [0.29, 0.717) is 0 Å². The van der Waals surface area contributed by atoms with Crippen LogP contribution in [0.4, 0.5) is 0 Å². The third-order valence-corrected chi connectivity index (χ3v) is 7.37. The molecule has 0 atom stereocenters. The van der Waals surface area contributed by atoms with Crippen molar-refractivity contribution in [2.75, 3.05) is 6.26 Å². The monoisotopic (exact) mass is 430 g/mol. The van der Waals surface area contributed by atoms with E-state index in [1.54, 1.807) is 35.3 Å². The summed E-state index contributed by atoms with van der Waals surface area (Å²) in [6.45, 7) is 2.12. The van der Waals surface area contributed by atoms with Crippen LogP contribution in [0.15, 0.2) is 122 Å². The largest absolute Gasteiger partial charge is 0.130 e. The maximum atomic E-state index is 2.21. The van der Waals surface area contributed by atoms with Gasteiger partial charge in [0.25, 0.3) is 0 Å². The third kappa shape index (κ3) is 5.51. The molecule has 0 saturated heterocycles. The van der Waals surface area contributed by atoms with Crippen LogP contribution in [0.3, 0.4) is 0 Å². The van der Waals surface area contributed by atoms with Crippen LogP contribution >= 0.6 is 35.3 Å². The van der Waals surface area contributed by atoms with Crippen LogP contribution in [0.25, 0.3) is 11.1 Å². The lowest BCUT2D eigenvalue weighted by Crippen LogP contribution is -1.80. The van der Waals surface area contributed by atoms with Gasteiger partial charge in [0.05, 0.1) is 0 Å². The van der Waals surface area contributed by atoms with Crippen LogP contribution in [0.5, 0.6) is 0 Å². The van der Waals surface area contributed by atoms with Crippen molar-refractivity contribution in [3.63, 3.8) is 0 Å². The summed E-state index contributed by atoms with van der Waals surface area (Å²) in [4.78, 5) is 6.35. The zero-order valence-corrected chi connectivity index (χ0v) is 18.9. The average Bonchev–Trinajstić information content (AvgIpc) is 2.77. The Morgan fingerprint density at radius 2 is 0.724 bits per heavy atom. The molecule has 0 amide bonds. The number of benzene rings is 4. The van der Waals surface area contributed by atoms with Gasteiger partial charge in [0.1, 0.15) is 0 Å². The van der Waals surface area contributed by atoms with E-state index in [-0.39, 0.29) is 0 Å². The molecule has 144 valence electrons. The second-order valence-electron chi connectivity index (χ2n) is 6.74. The first kappa shape index (κ1) is 20.2. The summed E-state index contributed by atoms with van der Waals surface area (Å²) in [7, 11) is 0. The summed E-state index contributed by atoms with van der Waals surface area (Å²) in [5.74, 6) is 0. The van der Waals surface area contributed by atoms with Crippen molar-refractivity contribution in [3.8, 4) is 11.1 Å². The Hall–Kier alpha value is -2.07. The van der Waals surface area contributed by atoms with E-state index in [9.17, 15) is 0 Å². The summed E-state index contributed by atoms with van der Waals surface area (Å²) in [5, 5.41) is 0. The number of hydrogen-bond donors (Lipinski definition) is 0. The highest BCUT2D eigenvalue weighted by Crippen LogP contribution is 2.33. The fourth-order valence-electron chi connectivity index (χ4n) is 2.95. The predicted octanol–water partition coefficient (Wildman–Crippen LogP) is 8.69. The Morgan fingerprint density at radius 1 is 0.414 bits per heavy atom. The van der Waals surface area contributed by atoms with Gasteiger partial charge in [0.2, 0.25) is 0 Å². The molecule has 0 fully saturated rings. The Labute approximate surface area is 186 Å². The normalized spacial score (nSPS) is 10.8. The smallest absolute Gasteiger partial charge is 0.0123 e. The van der Waals surface area contributed by atoms with Gasteiger partial charge < -0.3 is 0 Å². The van der Waals surface area contributed by atoms with Gasteiger partial charge in [-0.25, -0.2) is 0 Å². The van der Waals surface area contributed by atoms with Gasteiger partial charge in [-0.1, -0.05) is 65.5 Å². The maximum absolute atomic E-state index is 2.21. The fraction of sp³-hybridized carbons (Fsp3) is 0.0769. The van der Waals surface area contributed by atoms with Crippen LogP contribution in [0.2, 0.25) is 0 Å². The lowest BCUT2D eigenvalue weighted by molar-refractivity contribution is 1.32. The first-order valence-electron chi connectivity index (χ1n) is 9.46. The fourth-order valence-corrected chi connectivity index (χ4v) is 4.99. The van der Waals surface area contributed by atoms with Crippen LogP contribution in [0.1, 0.15) is 5.56 Å². The van der Waals surface area contributed by atoms with Gasteiger partial charge >= 0.3 is 0 Å². The molecule has 4 rings (SSSR count). The van der Waals surface area contributed by atoms with Crippen molar-refractivity contribution >= 4 is 35.3 Å². The van der Waals surface area contributed by atoms with E-state index in [1.165, 1.54) is 41.2 Å². The Morgan fingerprint density at radius 3 is 1.10 bits per heavy atom. The molecule has 0 saturated carbocycles. The second kappa shape index (κ2) is 9.62. The highest BCUT2D eigenvalue weighted by Gasteiger charge is 2.02. The zero-order valence-electron chi connectivity index (χ0n) is 16.5. The van der Waals surface area contributed by atoms with Crippen LogP contribution < -0.4 is 0 Å². The Balaban J connectivity index is 1.40. The maximum Gasteiger partial charge on any atom is 0.0123 e. The Bertz CT molecular complexity index is 1050. The van der Waals surface area contributed by atoms with Crippen molar-refractivity contribution < 1.29 is 0 Å². The molecule has 29 heavy (non-hydrogen) atoms. The van der Waals surface area contributed by atoms with Gasteiger partial charge in [0.15, 0.2) is 0 Å². The molecule has 4 aromatic carbocycles. The van der Waals surface area contributed by atoms with Gasteiger partial charge in [-0.15, -0.1) is 11.8 Å². The van der Waals surface area contributed by atoms with E-state index in [2.05, 4.69) is 110 Å². The van der Waals surface area contributed by atoms with Gasteiger partial charge in [0, 0.05) is 24.5 Å². The standard InChI is InChI=1S/C26H22S3/c1-19-3-9-23(10-4-19)28-25-15-17-26(18-16-25)29-24-13-7-21(8-14-24)20-5-11-22(27-2)12-6-20/h3-18H,1-2H3. The Kier molecular flexibility index (Phi) is 6.70. The van der Waals surface area contributed by atoms with E-state index in [0.717, 1.165) is 0 Å². The molecule has 0 aromatic heterocycles. The number of hydrogen-bond acceptors (Lipinski definition) is 3. The highest BCUT2D eigenvalue weighted by atomic mass is 32.2. The zero-order chi connectivity index (χ0) is 20.1. The van der Waals surface area contributed by atoms with Crippen LogP contribution in [0, 0.1) is 6.92 Å². The number of rotatable bonds is 6. The number of thioether (sulfide) groups is 1. The molecular weight excluding hydrogens is 408 g/mol. The SMILES string of the molecule is CSc1ccc(-c2ccc(Sc3ccc(Sc4ccc(C)cc4)cc3)cc2)cc1. The summed E-state index contributed by atoms with van der Waals surface area (Å²) in [5.41, 5.74) is 3.81. The lowest BCUT2D eigenvalue weighted by atomic mass is 10.1. The minimum atomic E-state index is 1.26. The molecule has 3 heteroatoms. The van der Waals surface area contributed by atoms with Crippen LogP contribution in [-0.4, -0.2) is 6.26 Å².